The summed E-state index contributed by atoms with van der Waals surface area (Å²) in [5.41, 5.74) is 7.87. The van der Waals surface area contributed by atoms with E-state index in [0.29, 0.717) is 17.9 Å². The molecule has 0 bridgehead atoms. The molecular weight excluding hydrogens is 283 g/mol. The predicted octanol–water partition coefficient (Wildman–Crippen LogP) is 3.78. The van der Waals surface area contributed by atoms with Crippen molar-refractivity contribution >= 4 is 27.3 Å². The molecule has 0 aliphatic heterocycles. The minimum absolute atomic E-state index is 0.267. The van der Waals surface area contributed by atoms with Gasteiger partial charge in [-0.25, -0.2) is 4.39 Å². The van der Waals surface area contributed by atoms with Crippen molar-refractivity contribution in [3.63, 3.8) is 0 Å². The summed E-state index contributed by atoms with van der Waals surface area (Å²) in [5, 5.41) is 3.04. The molecule has 2 rings (SSSR count). The van der Waals surface area contributed by atoms with Gasteiger partial charge in [-0.1, -0.05) is 28.1 Å². The van der Waals surface area contributed by atoms with Gasteiger partial charge in [0, 0.05) is 16.7 Å². The summed E-state index contributed by atoms with van der Waals surface area (Å²) in [5.74, 6) is -0.267. The van der Waals surface area contributed by atoms with E-state index in [4.69, 9.17) is 5.73 Å². The molecule has 0 heterocycles. The van der Waals surface area contributed by atoms with Gasteiger partial charge in [-0.3, -0.25) is 0 Å². The second-order valence-corrected chi connectivity index (χ2v) is 4.64. The Morgan fingerprint density at radius 3 is 2.76 bits per heavy atom. The average Bonchev–Trinajstić information content (AvgIpc) is 2.30. The van der Waals surface area contributed by atoms with Crippen molar-refractivity contribution in [2.45, 2.75) is 6.54 Å². The summed E-state index contributed by atoms with van der Waals surface area (Å²) in [4.78, 5) is 0. The molecule has 2 aromatic carbocycles. The number of hydrogen-bond donors (Lipinski definition) is 2. The maximum absolute atomic E-state index is 13.4. The molecule has 0 radical (unpaired) electrons. The number of halogens is 2. The quantitative estimate of drug-likeness (QED) is 0.846. The molecule has 88 valence electrons. The molecule has 3 N–H and O–H groups in total. The maximum Gasteiger partial charge on any atom is 0.146 e. The monoisotopic (exact) mass is 294 g/mol. The van der Waals surface area contributed by atoms with Crippen LogP contribution in [0.4, 0.5) is 15.8 Å². The van der Waals surface area contributed by atoms with Crippen molar-refractivity contribution in [1.82, 2.24) is 0 Å². The molecule has 0 saturated heterocycles. The lowest BCUT2D eigenvalue weighted by Crippen LogP contribution is -2.01. The maximum atomic E-state index is 13.4. The van der Waals surface area contributed by atoms with Gasteiger partial charge in [0.25, 0.3) is 0 Å². The number of benzene rings is 2. The summed E-state index contributed by atoms with van der Waals surface area (Å²) in [6, 6.07) is 12.3. The summed E-state index contributed by atoms with van der Waals surface area (Å²) in [6.45, 7) is 0.540. The Balaban J connectivity index is 2.09. The molecule has 0 amide bonds. The molecule has 17 heavy (non-hydrogen) atoms. The Morgan fingerprint density at radius 1 is 1.18 bits per heavy atom. The lowest BCUT2D eigenvalue weighted by molar-refractivity contribution is 0.630. The van der Waals surface area contributed by atoms with Crippen LogP contribution < -0.4 is 11.1 Å². The highest BCUT2D eigenvalue weighted by atomic mass is 79.9. The molecule has 0 saturated carbocycles. The predicted molar refractivity (Wildman–Crippen MR) is 72.3 cm³/mol. The lowest BCUT2D eigenvalue weighted by Gasteiger charge is -2.08. The smallest absolute Gasteiger partial charge is 0.146 e. The summed E-state index contributed by atoms with van der Waals surface area (Å²) >= 11 is 3.31. The van der Waals surface area contributed by atoms with Gasteiger partial charge >= 0.3 is 0 Å². The molecule has 2 aromatic rings. The van der Waals surface area contributed by atoms with Crippen molar-refractivity contribution in [2.75, 3.05) is 11.1 Å². The van der Waals surface area contributed by atoms with Gasteiger partial charge in [0.05, 0.1) is 5.69 Å². The fraction of sp³-hybridized carbons (Fsp3) is 0.0769. The number of hydrogen-bond acceptors (Lipinski definition) is 2. The fourth-order valence-corrected chi connectivity index (χ4v) is 1.89. The van der Waals surface area contributed by atoms with Gasteiger partial charge in [-0.2, -0.15) is 0 Å². The third-order valence-corrected chi connectivity index (χ3v) is 2.86. The zero-order valence-electron chi connectivity index (χ0n) is 9.08. The van der Waals surface area contributed by atoms with Crippen LogP contribution >= 0.6 is 15.9 Å². The SMILES string of the molecule is Nc1cccc(CNc2cc(Br)ccc2F)c1. The third-order valence-electron chi connectivity index (χ3n) is 2.36. The first kappa shape index (κ1) is 11.9. The van der Waals surface area contributed by atoms with E-state index >= 15 is 0 Å². The van der Waals surface area contributed by atoms with E-state index < -0.39 is 0 Å². The van der Waals surface area contributed by atoms with Gasteiger partial charge in [0.1, 0.15) is 5.82 Å². The molecule has 2 nitrogen and oxygen atoms in total. The number of nitrogens with two attached hydrogens (primary N) is 1. The molecule has 0 atom stereocenters. The van der Waals surface area contributed by atoms with E-state index in [1.165, 1.54) is 6.07 Å². The second-order valence-electron chi connectivity index (χ2n) is 3.72. The Bertz CT molecular complexity index is 529. The van der Waals surface area contributed by atoms with E-state index in [0.717, 1.165) is 10.0 Å². The molecule has 0 fully saturated rings. The topological polar surface area (TPSA) is 38.0 Å². The van der Waals surface area contributed by atoms with Gasteiger partial charge in [-0.15, -0.1) is 0 Å². The number of nitrogens with one attached hydrogen (secondary N) is 1. The standard InChI is InChI=1S/C13H12BrFN2/c14-10-4-5-12(15)13(7-10)17-8-9-2-1-3-11(16)6-9/h1-7,17H,8,16H2. The van der Waals surface area contributed by atoms with Crippen molar-refractivity contribution in [2.24, 2.45) is 0 Å². The minimum Gasteiger partial charge on any atom is -0.399 e. The van der Waals surface area contributed by atoms with E-state index in [-0.39, 0.29) is 5.82 Å². The Kier molecular flexibility index (Phi) is 3.64. The zero-order valence-corrected chi connectivity index (χ0v) is 10.7. The van der Waals surface area contributed by atoms with Crippen molar-refractivity contribution in [3.8, 4) is 0 Å². The number of anilines is 2. The molecule has 0 spiro atoms. The van der Waals surface area contributed by atoms with Crippen LogP contribution in [0, 0.1) is 5.82 Å². The van der Waals surface area contributed by atoms with Crippen LogP contribution in [0.2, 0.25) is 0 Å². The van der Waals surface area contributed by atoms with Crippen molar-refractivity contribution < 1.29 is 4.39 Å². The Labute approximate surface area is 108 Å². The highest BCUT2D eigenvalue weighted by Crippen LogP contribution is 2.20. The first-order chi connectivity index (χ1) is 8.15. The van der Waals surface area contributed by atoms with Crippen LogP contribution in [0.1, 0.15) is 5.56 Å². The lowest BCUT2D eigenvalue weighted by atomic mass is 10.2. The molecule has 0 aliphatic carbocycles. The zero-order chi connectivity index (χ0) is 12.3. The van der Waals surface area contributed by atoms with Crippen LogP contribution in [-0.4, -0.2) is 0 Å². The molecule has 4 heteroatoms. The van der Waals surface area contributed by atoms with Crippen molar-refractivity contribution in [3.05, 3.63) is 58.3 Å². The number of nitrogen functional groups attached to an aromatic ring is 1. The first-order valence-electron chi connectivity index (χ1n) is 5.18. The molecule has 0 unspecified atom stereocenters. The van der Waals surface area contributed by atoms with Gasteiger partial charge < -0.3 is 11.1 Å². The second kappa shape index (κ2) is 5.19. The Morgan fingerprint density at radius 2 is 2.00 bits per heavy atom. The molecule has 0 aliphatic rings. The summed E-state index contributed by atoms with van der Waals surface area (Å²) < 4.78 is 14.3. The average molecular weight is 295 g/mol. The Hall–Kier alpha value is -1.55. The van der Waals surface area contributed by atoms with Gasteiger partial charge in [-0.05, 0) is 35.9 Å². The highest BCUT2D eigenvalue weighted by molar-refractivity contribution is 9.10. The number of rotatable bonds is 3. The normalized spacial score (nSPS) is 10.2. The largest absolute Gasteiger partial charge is 0.399 e. The van der Waals surface area contributed by atoms with Gasteiger partial charge in [0.15, 0.2) is 0 Å². The van der Waals surface area contributed by atoms with E-state index in [2.05, 4.69) is 21.2 Å². The van der Waals surface area contributed by atoms with Crippen LogP contribution in [0.25, 0.3) is 0 Å². The molecular formula is C13H12BrFN2. The first-order valence-corrected chi connectivity index (χ1v) is 5.98. The van der Waals surface area contributed by atoms with Gasteiger partial charge in [0.2, 0.25) is 0 Å². The highest BCUT2D eigenvalue weighted by Gasteiger charge is 2.02. The summed E-state index contributed by atoms with van der Waals surface area (Å²) in [6.07, 6.45) is 0. The molecule has 0 aromatic heterocycles. The third kappa shape index (κ3) is 3.20. The van der Waals surface area contributed by atoms with E-state index in [1.54, 1.807) is 12.1 Å². The fourth-order valence-electron chi connectivity index (χ4n) is 1.53. The van der Waals surface area contributed by atoms with Crippen LogP contribution in [0.15, 0.2) is 46.9 Å². The van der Waals surface area contributed by atoms with Crippen LogP contribution in [-0.2, 0) is 6.54 Å². The van der Waals surface area contributed by atoms with Crippen molar-refractivity contribution in [1.29, 1.82) is 0 Å². The van der Waals surface area contributed by atoms with E-state index in [1.807, 2.05) is 24.3 Å². The van der Waals surface area contributed by atoms with E-state index in [9.17, 15) is 4.39 Å². The van der Waals surface area contributed by atoms with Crippen LogP contribution in [0.5, 0.6) is 0 Å². The van der Waals surface area contributed by atoms with Crippen LogP contribution in [0.3, 0.4) is 0 Å². The summed E-state index contributed by atoms with van der Waals surface area (Å²) in [7, 11) is 0. The minimum atomic E-state index is -0.267.